The van der Waals surface area contributed by atoms with Crippen LogP contribution in [0.25, 0.3) is 0 Å². The second-order valence-electron chi connectivity index (χ2n) is 6.51. The second-order valence-corrected chi connectivity index (χ2v) is 6.51. The van der Waals surface area contributed by atoms with E-state index in [0.29, 0.717) is 35.7 Å². The van der Waals surface area contributed by atoms with Crippen LogP contribution in [0.1, 0.15) is 33.2 Å². The van der Waals surface area contributed by atoms with E-state index in [1.54, 1.807) is 42.5 Å². The molecular formula is C24H24N2O3. The summed E-state index contributed by atoms with van der Waals surface area (Å²) >= 11 is 0. The average molecular weight is 388 g/mol. The number of hydrogen-bond acceptors (Lipinski definition) is 3. The lowest BCUT2D eigenvalue weighted by atomic mass is 10.1. The average Bonchev–Trinajstić information content (AvgIpc) is 2.75. The quantitative estimate of drug-likeness (QED) is 0.604. The third-order valence-corrected chi connectivity index (χ3v) is 4.32. The van der Waals surface area contributed by atoms with Crippen molar-refractivity contribution in [3.8, 4) is 5.75 Å². The Balaban J connectivity index is 1.60. The zero-order valence-electron chi connectivity index (χ0n) is 16.4. The first-order valence-corrected chi connectivity index (χ1v) is 9.62. The molecule has 148 valence electrons. The Morgan fingerprint density at radius 1 is 0.828 bits per heavy atom. The highest BCUT2D eigenvalue weighted by molar-refractivity contribution is 6.05. The van der Waals surface area contributed by atoms with Gasteiger partial charge in [-0.1, -0.05) is 42.5 Å². The molecule has 0 saturated heterocycles. The highest BCUT2D eigenvalue weighted by Gasteiger charge is 2.10. The van der Waals surface area contributed by atoms with Gasteiger partial charge >= 0.3 is 0 Å². The molecular weight excluding hydrogens is 364 g/mol. The molecule has 0 aliphatic rings. The van der Waals surface area contributed by atoms with Crippen LogP contribution in [-0.2, 0) is 6.42 Å². The van der Waals surface area contributed by atoms with Crippen molar-refractivity contribution in [2.75, 3.05) is 18.5 Å². The van der Waals surface area contributed by atoms with Crippen LogP contribution >= 0.6 is 0 Å². The number of carbonyl (C=O) groups excluding carboxylic acids is 2. The van der Waals surface area contributed by atoms with E-state index >= 15 is 0 Å². The van der Waals surface area contributed by atoms with Crippen LogP contribution in [0.15, 0.2) is 78.9 Å². The fourth-order valence-electron chi connectivity index (χ4n) is 2.86. The Labute approximate surface area is 170 Å². The molecule has 3 rings (SSSR count). The minimum atomic E-state index is -0.258. The van der Waals surface area contributed by atoms with Gasteiger partial charge in [-0.3, -0.25) is 9.59 Å². The summed E-state index contributed by atoms with van der Waals surface area (Å²) in [7, 11) is 0. The summed E-state index contributed by atoms with van der Waals surface area (Å²) in [5.74, 6) is 0.216. The zero-order valence-corrected chi connectivity index (χ0v) is 16.4. The molecule has 0 spiro atoms. The molecule has 2 amide bonds. The molecule has 0 atom stereocenters. The molecule has 0 aliphatic heterocycles. The first-order valence-electron chi connectivity index (χ1n) is 9.62. The Bertz CT molecular complexity index is 971. The molecule has 0 radical (unpaired) electrons. The van der Waals surface area contributed by atoms with E-state index in [4.69, 9.17) is 4.74 Å². The highest BCUT2D eigenvalue weighted by Crippen LogP contribution is 2.17. The van der Waals surface area contributed by atoms with Crippen LogP contribution < -0.4 is 15.4 Å². The molecule has 0 unspecified atom stereocenters. The van der Waals surface area contributed by atoms with Crippen molar-refractivity contribution < 1.29 is 14.3 Å². The summed E-state index contributed by atoms with van der Waals surface area (Å²) in [5.41, 5.74) is 2.76. The lowest BCUT2D eigenvalue weighted by Crippen LogP contribution is -2.22. The fraction of sp³-hybridized carbons (Fsp3) is 0.167. The smallest absolute Gasteiger partial charge is 0.255 e. The van der Waals surface area contributed by atoms with E-state index < -0.39 is 0 Å². The van der Waals surface area contributed by atoms with Crippen LogP contribution in [0.2, 0.25) is 0 Å². The number of rotatable bonds is 8. The highest BCUT2D eigenvalue weighted by atomic mass is 16.5. The topological polar surface area (TPSA) is 67.4 Å². The molecule has 29 heavy (non-hydrogen) atoms. The van der Waals surface area contributed by atoms with Crippen molar-refractivity contribution in [2.24, 2.45) is 0 Å². The number of hydrogen-bond donors (Lipinski definition) is 2. The summed E-state index contributed by atoms with van der Waals surface area (Å²) in [5, 5.41) is 5.57. The normalized spacial score (nSPS) is 10.2. The van der Waals surface area contributed by atoms with Crippen LogP contribution in [0.3, 0.4) is 0 Å². The van der Waals surface area contributed by atoms with Gasteiger partial charge in [0, 0.05) is 29.8 Å². The largest absolute Gasteiger partial charge is 0.493 e. The van der Waals surface area contributed by atoms with Crippen molar-refractivity contribution in [3.63, 3.8) is 0 Å². The molecule has 5 heteroatoms. The predicted molar refractivity (Wildman–Crippen MR) is 114 cm³/mol. The summed E-state index contributed by atoms with van der Waals surface area (Å²) in [6, 6.07) is 24.0. The molecule has 0 saturated carbocycles. The van der Waals surface area contributed by atoms with Crippen molar-refractivity contribution in [1.82, 2.24) is 5.32 Å². The van der Waals surface area contributed by atoms with E-state index in [1.165, 1.54) is 5.56 Å². The van der Waals surface area contributed by atoms with E-state index in [2.05, 4.69) is 22.8 Å². The molecule has 0 fully saturated rings. The zero-order chi connectivity index (χ0) is 20.5. The number of carbonyl (C=O) groups is 2. The molecule has 0 aliphatic carbocycles. The van der Waals surface area contributed by atoms with E-state index in [0.717, 1.165) is 6.42 Å². The van der Waals surface area contributed by atoms with E-state index in [-0.39, 0.29) is 11.8 Å². The van der Waals surface area contributed by atoms with Gasteiger partial charge < -0.3 is 15.4 Å². The van der Waals surface area contributed by atoms with Gasteiger partial charge in [0.25, 0.3) is 11.8 Å². The third kappa shape index (κ3) is 5.94. The van der Waals surface area contributed by atoms with Crippen molar-refractivity contribution in [3.05, 3.63) is 95.6 Å². The Hall–Kier alpha value is -3.60. The lowest BCUT2D eigenvalue weighted by molar-refractivity contribution is 0.0954. The summed E-state index contributed by atoms with van der Waals surface area (Å²) in [6.07, 6.45) is 0.796. The number of amides is 2. The van der Waals surface area contributed by atoms with Crippen molar-refractivity contribution >= 4 is 17.5 Å². The van der Waals surface area contributed by atoms with E-state index in [1.807, 2.05) is 31.2 Å². The maximum atomic E-state index is 12.6. The summed E-state index contributed by atoms with van der Waals surface area (Å²) in [4.78, 5) is 24.6. The third-order valence-electron chi connectivity index (χ3n) is 4.32. The molecule has 0 aromatic heterocycles. The number of ether oxygens (including phenoxy) is 1. The van der Waals surface area contributed by atoms with Gasteiger partial charge in [0.05, 0.1) is 6.61 Å². The standard InChI is InChI=1S/C24H24N2O3/c1-2-25-23(27)19-10-6-12-21(16-19)26-24(28)20-11-7-13-22(17-20)29-15-14-18-8-4-3-5-9-18/h3-13,16-17H,2,14-15H2,1H3,(H,25,27)(H,26,28). The minimum Gasteiger partial charge on any atom is -0.493 e. The maximum Gasteiger partial charge on any atom is 0.255 e. The number of nitrogens with one attached hydrogen (secondary N) is 2. The summed E-state index contributed by atoms with van der Waals surface area (Å²) < 4.78 is 5.80. The fourth-order valence-corrected chi connectivity index (χ4v) is 2.86. The molecule has 3 aromatic carbocycles. The van der Waals surface area contributed by atoms with Crippen molar-refractivity contribution in [2.45, 2.75) is 13.3 Å². The molecule has 2 N–H and O–H groups in total. The van der Waals surface area contributed by atoms with E-state index in [9.17, 15) is 9.59 Å². The van der Waals surface area contributed by atoms with Gasteiger partial charge in [-0.05, 0) is 48.9 Å². The Kier molecular flexibility index (Phi) is 7.00. The first kappa shape index (κ1) is 20.1. The van der Waals surface area contributed by atoms with Crippen LogP contribution in [-0.4, -0.2) is 25.0 Å². The van der Waals surface area contributed by atoms with Gasteiger partial charge in [0.15, 0.2) is 0 Å². The SMILES string of the molecule is CCNC(=O)c1cccc(NC(=O)c2cccc(OCCc3ccccc3)c2)c1. The lowest BCUT2D eigenvalue weighted by Gasteiger charge is -2.10. The number of benzene rings is 3. The Morgan fingerprint density at radius 3 is 2.31 bits per heavy atom. The monoisotopic (exact) mass is 388 g/mol. The molecule has 5 nitrogen and oxygen atoms in total. The van der Waals surface area contributed by atoms with Gasteiger partial charge in [-0.2, -0.15) is 0 Å². The second kappa shape index (κ2) is 10.1. The van der Waals surface area contributed by atoms with Crippen LogP contribution in [0.5, 0.6) is 5.75 Å². The maximum absolute atomic E-state index is 12.6. The minimum absolute atomic E-state index is 0.169. The van der Waals surface area contributed by atoms with Gasteiger partial charge in [0.2, 0.25) is 0 Å². The van der Waals surface area contributed by atoms with Crippen molar-refractivity contribution in [1.29, 1.82) is 0 Å². The first-order chi connectivity index (χ1) is 14.2. The van der Waals surface area contributed by atoms with Crippen LogP contribution in [0, 0.1) is 0 Å². The van der Waals surface area contributed by atoms with Gasteiger partial charge in [-0.15, -0.1) is 0 Å². The summed E-state index contributed by atoms with van der Waals surface area (Å²) in [6.45, 7) is 2.94. The van der Waals surface area contributed by atoms with Gasteiger partial charge in [0.1, 0.15) is 5.75 Å². The van der Waals surface area contributed by atoms with Crippen LogP contribution in [0.4, 0.5) is 5.69 Å². The van der Waals surface area contributed by atoms with Gasteiger partial charge in [-0.25, -0.2) is 0 Å². The molecule has 3 aromatic rings. The molecule has 0 bridgehead atoms. The predicted octanol–water partition coefficient (Wildman–Crippen LogP) is 4.31. The number of anilines is 1. The Morgan fingerprint density at radius 2 is 1.55 bits per heavy atom. The molecule has 0 heterocycles.